The summed E-state index contributed by atoms with van der Waals surface area (Å²) < 4.78 is 0. The van der Waals surface area contributed by atoms with Crippen LogP contribution in [-0.4, -0.2) is 14.9 Å². The minimum absolute atomic E-state index is 0.0474. The van der Waals surface area contributed by atoms with E-state index in [-0.39, 0.29) is 17.5 Å². The topological polar surface area (TPSA) is 121 Å². The Balaban J connectivity index is 2.66. The number of nitrogens with two attached hydrogens (primary N) is 2. The minimum Gasteiger partial charge on any atom is -0.383 e. The maximum Gasteiger partial charge on any atom is 0.272 e. The molecule has 0 unspecified atom stereocenters. The molecule has 0 amide bonds. The maximum atomic E-state index is 11.1. The summed E-state index contributed by atoms with van der Waals surface area (Å²) in [4.78, 5) is 18.8. The molecule has 0 radical (unpaired) electrons. The summed E-state index contributed by atoms with van der Waals surface area (Å²) in [6, 6.07) is 4.98. The van der Waals surface area contributed by atoms with Crippen LogP contribution >= 0.6 is 0 Å². The highest BCUT2D eigenvalue weighted by Crippen LogP contribution is 2.32. The second-order valence-electron chi connectivity index (χ2n) is 4.80. The number of hydrogen-bond donors (Lipinski definition) is 2. The van der Waals surface area contributed by atoms with E-state index in [9.17, 15) is 10.1 Å². The maximum absolute atomic E-state index is 11.1. The highest BCUT2D eigenvalue weighted by Gasteiger charge is 2.17. The molecule has 7 heteroatoms. The zero-order chi connectivity index (χ0) is 15.6. The third-order valence-corrected chi connectivity index (χ3v) is 3.21. The fourth-order valence-electron chi connectivity index (χ4n) is 2.24. The molecule has 0 atom stereocenters. The van der Waals surface area contributed by atoms with E-state index in [4.69, 9.17) is 11.5 Å². The Morgan fingerprint density at radius 3 is 2.62 bits per heavy atom. The lowest BCUT2D eigenvalue weighted by Gasteiger charge is -2.12. The van der Waals surface area contributed by atoms with Crippen LogP contribution < -0.4 is 11.5 Å². The quantitative estimate of drug-likeness (QED) is 0.658. The van der Waals surface area contributed by atoms with Gasteiger partial charge in [-0.05, 0) is 18.9 Å². The third-order valence-electron chi connectivity index (χ3n) is 3.21. The number of benzene rings is 1. The van der Waals surface area contributed by atoms with Gasteiger partial charge in [0.05, 0.1) is 10.6 Å². The van der Waals surface area contributed by atoms with E-state index < -0.39 is 4.92 Å². The first kappa shape index (κ1) is 14.7. The van der Waals surface area contributed by atoms with Crippen LogP contribution in [0.1, 0.15) is 24.6 Å². The van der Waals surface area contributed by atoms with Gasteiger partial charge < -0.3 is 11.5 Å². The first-order valence-corrected chi connectivity index (χ1v) is 6.61. The van der Waals surface area contributed by atoms with Crippen molar-refractivity contribution in [3.05, 3.63) is 39.6 Å². The lowest BCUT2D eigenvalue weighted by molar-refractivity contribution is -0.385. The monoisotopic (exact) mass is 287 g/mol. The molecule has 21 heavy (non-hydrogen) atoms. The number of nitrogens with zero attached hydrogens (tertiary/aromatic N) is 3. The van der Waals surface area contributed by atoms with E-state index in [0.717, 1.165) is 6.42 Å². The van der Waals surface area contributed by atoms with Gasteiger partial charge in [0, 0.05) is 17.2 Å². The van der Waals surface area contributed by atoms with Crippen LogP contribution in [-0.2, 0) is 6.42 Å². The Morgan fingerprint density at radius 1 is 1.29 bits per heavy atom. The molecule has 0 bridgehead atoms. The average Bonchev–Trinajstić information content (AvgIpc) is 2.39. The Bertz CT molecular complexity index is 700. The molecule has 0 aliphatic rings. The number of nitro benzene ring substituents is 1. The molecular weight excluding hydrogens is 270 g/mol. The largest absolute Gasteiger partial charge is 0.383 e. The molecule has 1 aromatic carbocycles. The van der Waals surface area contributed by atoms with Gasteiger partial charge >= 0.3 is 0 Å². The summed E-state index contributed by atoms with van der Waals surface area (Å²) in [6.45, 7) is 3.70. The smallest absolute Gasteiger partial charge is 0.272 e. The summed E-state index contributed by atoms with van der Waals surface area (Å²) >= 11 is 0. The molecular formula is C14H17N5O2. The Kier molecular flexibility index (Phi) is 4.02. The number of aryl methyl sites for hydroxylation is 2. The summed E-state index contributed by atoms with van der Waals surface area (Å²) in [5, 5.41) is 11.1. The van der Waals surface area contributed by atoms with Gasteiger partial charge in [-0.3, -0.25) is 10.1 Å². The second kappa shape index (κ2) is 5.74. The van der Waals surface area contributed by atoms with Crippen molar-refractivity contribution in [2.75, 3.05) is 11.5 Å². The number of nitro groups is 1. The van der Waals surface area contributed by atoms with Gasteiger partial charge in [0.1, 0.15) is 5.82 Å². The normalized spacial score (nSPS) is 10.6. The van der Waals surface area contributed by atoms with Crippen LogP contribution in [0.3, 0.4) is 0 Å². The summed E-state index contributed by atoms with van der Waals surface area (Å²) in [7, 11) is 0. The average molecular weight is 287 g/mol. The van der Waals surface area contributed by atoms with Crippen molar-refractivity contribution in [3.63, 3.8) is 0 Å². The van der Waals surface area contributed by atoms with Gasteiger partial charge in [0.15, 0.2) is 0 Å². The molecule has 0 saturated heterocycles. The zero-order valence-corrected chi connectivity index (χ0v) is 12.0. The first-order chi connectivity index (χ1) is 9.93. The minimum atomic E-state index is -0.410. The molecule has 1 aromatic heterocycles. The summed E-state index contributed by atoms with van der Waals surface area (Å²) in [5.74, 6) is 0.352. The molecule has 2 rings (SSSR count). The van der Waals surface area contributed by atoms with Crippen LogP contribution in [0.4, 0.5) is 17.5 Å². The number of anilines is 2. The molecule has 110 valence electrons. The fourth-order valence-corrected chi connectivity index (χ4v) is 2.24. The van der Waals surface area contributed by atoms with Crippen LogP contribution in [0, 0.1) is 17.0 Å². The van der Waals surface area contributed by atoms with Crippen LogP contribution in [0.25, 0.3) is 11.1 Å². The van der Waals surface area contributed by atoms with Gasteiger partial charge in [-0.1, -0.05) is 25.5 Å². The molecule has 4 N–H and O–H groups in total. The van der Waals surface area contributed by atoms with E-state index in [1.165, 1.54) is 6.07 Å². The Morgan fingerprint density at radius 2 is 2.00 bits per heavy atom. The van der Waals surface area contributed by atoms with Gasteiger partial charge in [-0.15, -0.1) is 0 Å². The summed E-state index contributed by atoms with van der Waals surface area (Å²) in [6.07, 6.45) is 1.53. The van der Waals surface area contributed by atoms with Crippen LogP contribution in [0.5, 0.6) is 0 Å². The van der Waals surface area contributed by atoms with Crippen LogP contribution in [0.15, 0.2) is 18.2 Å². The lowest BCUT2D eigenvalue weighted by Crippen LogP contribution is -2.07. The van der Waals surface area contributed by atoms with E-state index in [2.05, 4.69) is 9.97 Å². The molecule has 0 saturated carbocycles. The third kappa shape index (κ3) is 2.91. The predicted molar refractivity (Wildman–Crippen MR) is 81.7 cm³/mol. The van der Waals surface area contributed by atoms with Gasteiger partial charge in [0.25, 0.3) is 5.69 Å². The molecule has 7 nitrogen and oxygen atoms in total. The molecule has 0 aliphatic carbocycles. The van der Waals surface area contributed by atoms with Crippen molar-refractivity contribution in [1.29, 1.82) is 0 Å². The Labute approximate surface area is 122 Å². The number of rotatable bonds is 4. The highest BCUT2D eigenvalue weighted by molar-refractivity contribution is 5.78. The first-order valence-electron chi connectivity index (χ1n) is 6.61. The van der Waals surface area contributed by atoms with Gasteiger partial charge in [0.2, 0.25) is 5.95 Å². The van der Waals surface area contributed by atoms with Crippen molar-refractivity contribution in [1.82, 2.24) is 9.97 Å². The zero-order valence-electron chi connectivity index (χ0n) is 12.0. The van der Waals surface area contributed by atoms with Crippen molar-refractivity contribution in [2.45, 2.75) is 26.7 Å². The van der Waals surface area contributed by atoms with Crippen molar-refractivity contribution in [3.8, 4) is 11.1 Å². The van der Waals surface area contributed by atoms with Crippen LogP contribution in [0.2, 0.25) is 0 Å². The Hall–Kier alpha value is -2.70. The van der Waals surface area contributed by atoms with E-state index in [0.29, 0.717) is 28.8 Å². The standard InChI is InChI=1S/C14H17N5O2/c1-3-4-10-12(13(15)18-14(16)17-10)9-6-5-8(2)11(7-9)19(20)21/h5-7H,3-4H2,1-2H3,(H4,15,16,17,18). The summed E-state index contributed by atoms with van der Waals surface area (Å²) in [5.41, 5.74) is 14.2. The molecule has 0 spiro atoms. The highest BCUT2D eigenvalue weighted by atomic mass is 16.6. The van der Waals surface area contributed by atoms with Gasteiger partial charge in [-0.2, -0.15) is 4.98 Å². The lowest BCUT2D eigenvalue weighted by atomic mass is 10.00. The number of aromatic nitrogens is 2. The number of hydrogen-bond acceptors (Lipinski definition) is 6. The van der Waals surface area contributed by atoms with E-state index >= 15 is 0 Å². The molecule has 1 heterocycles. The van der Waals surface area contributed by atoms with Gasteiger partial charge in [-0.25, -0.2) is 4.98 Å². The molecule has 0 aliphatic heterocycles. The second-order valence-corrected chi connectivity index (χ2v) is 4.80. The predicted octanol–water partition coefficient (Wildman–Crippen LogP) is 2.48. The molecule has 0 fully saturated rings. The SMILES string of the molecule is CCCc1nc(N)nc(N)c1-c1ccc(C)c([N+](=O)[O-])c1. The van der Waals surface area contributed by atoms with Crippen molar-refractivity contribution in [2.24, 2.45) is 0 Å². The number of nitrogen functional groups attached to an aromatic ring is 2. The van der Waals surface area contributed by atoms with E-state index in [1.807, 2.05) is 6.92 Å². The van der Waals surface area contributed by atoms with Crippen molar-refractivity contribution < 1.29 is 4.92 Å². The molecule has 2 aromatic rings. The van der Waals surface area contributed by atoms with E-state index in [1.54, 1.807) is 19.1 Å². The van der Waals surface area contributed by atoms with Crippen molar-refractivity contribution >= 4 is 17.5 Å². The fraction of sp³-hybridized carbons (Fsp3) is 0.286.